The number of carboxylic acid groups (broad SMARTS) is 1. The number of hydrogen-bond acceptors (Lipinski definition) is 4. The fourth-order valence-corrected chi connectivity index (χ4v) is 4.39. The predicted molar refractivity (Wildman–Crippen MR) is 109 cm³/mol. The molecule has 0 bridgehead atoms. The van der Waals surface area contributed by atoms with Gasteiger partial charge in [0.25, 0.3) is 0 Å². The van der Waals surface area contributed by atoms with E-state index in [9.17, 15) is 24.3 Å². The highest BCUT2D eigenvalue weighted by Crippen LogP contribution is 2.75. The summed E-state index contributed by atoms with van der Waals surface area (Å²) in [6, 6.07) is 14.5. The molecule has 1 aliphatic carbocycles. The number of allylic oxidation sites excluding steroid dienone is 2. The maximum Gasteiger partial charge on any atom is 0.312 e. The number of carbonyl (C=O) groups is 2. The molecule has 3 atom stereocenters. The number of para-hydroxylation sites is 1. The number of hydrogen-bond donors (Lipinski definition) is 1. The number of aliphatic carboxylic acids is 1. The van der Waals surface area contributed by atoms with Crippen LogP contribution in [0.5, 0.6) is 11.5 Å². The van der Waals surface area contributed by atoms with Gasteiger partial charge in [-0.1, -0.05) is 44.2 Å². The van der Waals surface area contributed by atoms with Gasteiger partial charge >= 0.3 is 5.97 Å². The molecule has 0 heterocycles. The van der Waals surface area contributed by atoms with Crippen molar-refractivity contribution < 1.29 is 23.8 Å². The smallest absolute Gasteiger partial charge is 0.312 e. The van der Waals surface area contributed by atoms with Crippen LogP contribution in [0.15, 0.2) is 60.7 Å². The molecule has 2 aromatic rings. The summed E-state index contributed by atoms with van der Waals surface area (Å²) in [4.78, 5) is 23.5. The predicted octanol–water partition coefficient (Wildman–Crippen LogP) is 5.27. The number of carbonyl (C=O) groups excluding carboxylic acids is 1. The van der Waals surface area contributed by atoms with E-state index in [1.165, 1.54) is 18.2 Å². The molecule has 1 unspecified atom stereocenters. The standard InChI is InChI=1S/C23H19ClFNO4/c1-22(2)19(10-11-20(24)27)23(22,21(28)29)16(13-26)14-8-9-17(25)18(12-14)30-15-6-4-3-5-7-15/h3-12,16,19H,1-2H3,(H,28,29)/t16?,19-,23+/m0/s1. The largest absolute Gasteiger partial charge is 0.481 e. The summed E-state index contributed by atoms with van der Waals surface area (Å²) in [6.45, 7) is 3.42. The molecular weight excluding hydrogens is 409 g/mol. The van der Waals surface area contributed by atoms with Crippen molar-refractivity contribution in [3.8, 4) is 17.6 Å². The van der Waals surface area contributed by atoms with Crippen LogP contribution in [0, 0.1) is 33.9 Å². The van der Waals surface area contributed by atoms with E-state index in [4.69, 9.17) is 16.3 Å². The highest BCUT2D eigenvalue weighted by molar-refractivity contribution is 6.66. The molecule has 154 valence electrons. The van der Waals surface area contributed by atoms with E-state index in [1.54, 1.807) is 44.2 Å². The van der Waals surface area contributed by atoms with Gasteiger partial charge in [-0.2, -0.15) is 5.26 Å². The monoisotopic (exact) mass is 427 g/mol. The second-order valence-corrected chi connectivity index (χ2v) is 8.08. The van der Waals surface area contributed by atoms with Crippen LogP contribution >= 0.6 is 11.6 Å². The van der Waals surface area contributed by atoms with Crippen molar-refractivity contribution in [2.24, 2.45) is 16.7 Å². The highest BCUT2D eigenvalue weighted by Gasteiger charge is 2.78. The molecule has 7 heteroatoms. The van der Waals surface area contributed by atoms with Crippen LogP contribution in [0.25, 0.3) is 0 Å². The summed E-state index contributed by atoms with van der Waals surface area (Å²) >= 11 is 5.36. The molecule has 1 saturated carbocycles. The van der Waals surface area contributed by atoms with Crippen LogP contribution in [0.1, 0.15) is 25.3 Å². The fourth-order valence-electron chi connectivity index (χ4n) is 4.32. The van der Waals surface area contributed by atoms with Crippen molar-refractivity contribution in [3.63, 3.8) is 0 Å². The van der Waals surface area contributed by atoms with E-state index >= 15 is 0 Å². The molecule has 0 aliphatic heterocycles. The van der Waals surface area contributed by atoms with E-state index in [-0.39, 0.29) is 5.75 Å². The Labute approximate surface area is 178 Å². The lowest BCUT2D eigenvalue weighted by atomic mass is 9.78. The van der Waals surface area contributed by atoms with E-state index in [0.29, 0.717) is 11.3 Å². The summed E-state index contributed by atoms with van der Waals surface area (Å²) in [5.41, 5.74) is -2.03. The Morgan fingerprint density at radius 2 is 1.93 bits per heavy atom. The normalized spacial score (nSPS) is 22.8. The van der Waals surface area contributed by atoms with Gasteiger partial charge in [-0.05, 0) is 52.9 Å². The van der Waals surface area contributed by atoms with Gasteiger partial charge < -0.3 is 9.84 Å². The molecule has 1 fully saturated rings. The second kappa shape index (κ2) is 7.92. The molecule has 0 aromatic heterocycles. The number of carboxylic acids is 1. The lowest BCUT2D eigenvalue weighted by Crippen LogP contribution is -2.28. The molecule has 0 amide bonds. The zero-order valence-electron chi connectivity index (χ0n) is 16.3. The molecule has 0 radical (unpaired) electrons. The Kier molecular flexibility index (Phi) is 5.69. The first-order chi connectivity index (χ1) is 14.2. The van der Waals surface area contributed by atoms with Gasteiger partial charge in [0.1, 0.15) is 11.2 Å². The van der Waals surface area contributed by atoms with Crippen LogP contribution in [0.2, 0.25) is 0 Å². The van der Waals surface area contributed by atoms with Crippen LogP contribution in [0.3, 0.4) is 0 Å². The zero-order valence-corrected chi connectivity index (χ0v) is 17.1. The third-order valence-electron chi connectivity index (χ3n) is 5.87. The van der Waals surface area contributed by atoms with Gasteiger partial charge in [0.05, 0.1) is 12.0 Å². The number of ether oxygens (including phenoxy) is 1. The molecule has 2 aromatic carbocycles. The second-order valence-electron chi connectivity index (χ2n) is 7.70. The van der Waals surface area contributed by atoms with E-state index in [2.05, 4.69) is 6.07 Å². The first-order valence-corrected chi connectivity index (χ1v) is 9.57. The first-order valence-electron chi connectivity index (χ1n) is 9.19. The summed E-state index contributed by atoms with van der Waals surface area (Å²) < 4.78 is 19.9. The summed E-state index contributed by atoms with van der Waals surface area (Å²) in [5.74, 6) is -3.24. The SMILES string of the molecule is CC1(C)[C@H](C=CC(=O)Cl)[C@@]1(C(=O)O)C(C#N)c1ccc(F)c(Oc2ccccc2)c1. The third kappa shape index (κ3) is 3.46. The lowest BCUT2D eigenvalue weighted by Gasteiger charge is -2.22. The topological polar surface area (TPSA) is 87.4 Å². The molecule has 0 saturated heterocycles. The van der Waals surface area contributed by atoms with Crippen LogP contribution < -0.4 is 4.74 Å². The Bertz CT molecular complexity index is 1060. The van der Waals surface area contributed by atoms with Crippen molar-refractivity contribution >= 4 is 22.8 Å². The zero-order chi connectivity index (χ0) is 22.1. The number of nitriles is 1. The Balaban J connectivity index is 2.04. The van der Waals surface area contributed by atoms with Crippen LogP contribution in [0.4, 0.5) is 4.39 Å². The van der Waals surface area contributed by atoms with E-state index < -0.39 is 39.7 Å². The lowest BCUT2D eigenvalue weighted by molar-refractivity contribution is -0.145. The fraction of sp³-hybridized carbons (Fsp3) is 0.261. The van der Waals surface area contributed by atoms with Crippen molar-refractivity contribution in [3.05, 3.63) is 72.1 Å². The van der Waals surface area contributed by atoms with Gasteiger partial charge in [0.15, 0.2) is 11.6 Å². The number of rotatable bonds is 7. The minimum atomic E-state index is -1.51. The van der Waals surface area contributed by atoms with Crippen LogP contribution in [-0.2, 0) is 9.59 Å². The van der Waals surface area contributed by atoms with Crippen LogP contribution in [-0.4, -0.2) is 16.3 Å². The van der Waals surface area contributed by atoms with Gasteiger partial charge in [-0.3, -0.25) is 9.59 Å². The Morgan fingerprint density at radius 3 is 2.50 bits per heavy atom. The number of benzene rings is 2. The molecule has 1 aliphatic rings. The van der Waals surface area contributed by atoms with Gasteiger partial charge in [-0.25, -0.2) is 4.39 Å². The number of nitrogens with zero attached hydrogens (tertiary/aromatic N) is 1. The Hall–Kier alpha value is -3.17. The quantitative estimate of drug-likeness (QED) is 0.480. The molecule has 5 nitrogen and oxygen atoms in total. The third-order valence-corrected chi connectivity index (χ3v) is 5.99. The van der Waals surface area contributed by atoms with Gasteiger partial charge in [0, 0.05) is 5.92 Å². The van der Waals surface area contributed by atoms with Gasteiger partial charge in [0.2, 0.25) is 5.24 Å². The van der Waals surface area contributed by atoms with Crippen molar-refractivity contribution in [1.82, 2.24) is 0 Å². The number of halogens is 2. The summed E-state index contributed by atoms with van der Waals surface area (Å²) in [7, 11) is 0. The van der Waals surface area contributed by atoms with E-state index in [1.807, 2.05) is 0 Å². The average Bonchev–Trinajstić information content (AvgIpc) is 3.19. The molecule has 1 N–H and O–H groups in total. The summed E-state index contributed by atoms with van der Waals surface area (Å²) in [5, 5.41) is 19.3. The minimum absolute atomic E-state index is 0.110. The van der Waals surface area contributed by atoms with Crippen molar-refractivity contribution in [2.45, 2.75) is 19.8 Å². The molecule has 3 rings (SSSR count). The minimum Gasteiger partial charge on any atom is -0.481 e. The van der Waals surface area contributed by atoms with Gasteiger partial charge in [-0.15, -0.1) is 0 Å². The highest BCUT2D eigenvalue weighted by atomic mass is 35.5. The Morgan fingerprint density at radius 1 is 1.27 bits per heavy atom. The molecule has 0 spiro atoms. The van der Waals surface area contributed by atoms with E-state index in [0.717, 1.165) is 12.1 Å². The maximum atomic E-state index is 14.3. The van der Waals surface area contributed by atoms with Crippen molar-refractivity contribution in [1.29, 1.82) is 5.26 Å². The van der Waals surface area contributed by atoms with Crippen molar-refractivity contribution in [2.75, 3.05) is 0 Å². The molecular formula is C23H19ClFNO4. The average molecular weight is 428 g/mol. The maximum absolute atomic E-state index is 14.3. The first kappa shape index (κ1) is 21.5. The summed E-state index contributed by atoms with van der Waals surface area (Å²) in [6.07, 6.45) is 2.53. The molecule has 30 heavy (non-hydrogen) atoms.